The lowest BCUT2D eigenvalue weighted by molar-refractivity contribution is 0.0478. The number of esters is 2. The minimum atomic E-state index is -0.523. The fourth-order valence-electron chi connectivity index (χ4n) is 2.94. The summed E-state index contributed by atoms with van der Waals surface area (Å²) in [5.41, 5.74) is 1.86. The molecule has 1 N–H and O–H groups in total. The van der Waals surface area contributed by atoms with Gasteiger partial charge in [0.2, 0.25) is 0 Å². The predicted octanol–water partition coefficient (Wildman–Crippen LogP) is 2.31. The van der Waals surface area contributed by atoms with Gasteiger partial charge in [-0.15, -0.1) is 0 Å². The summed E-state index contributed by atoms with van der Waals surface area (Å²) in [7, 11) is 0. The van der Waals surface area contributed by atoms with Crippen LogP contribution in [0.1, 0.15) is 53.0 Å². The third-order valence-corrected chi connectivity index (χ3v) is 4.16. The average molecular weight is 335 g/mol. The van der Waals surface area contributed by atoms with Gasteiger partial charge in [-0.1, -0.05) is 6.07 Å². The predicted molar refractivity (Wildman–Crippen MR) is 90.5 cm³/mol. The topological polar surface area (TPSA) is 76.1 Å². The number of anilines is 1. The molecule has 1 aromatic carbocycles. The number of aliphatic hydroxyl groups is 1. The maximum absolute atomic E-state index is 12.5. The van der Waals surface area contributed by atoms with Crippen molar-refractivity contribution in [1.29, 1.82) is 0 Å². The largest absolute Gasteiger partial charge is 0.462 e. The SMILES string of the molecule is CCOC(=O)c1c(C)ccc(N2CCC(O)CC2)c1C(=O)OCC. The van der Waals surface area contributed by atoms with Gasteiger partial charge in [0.25, 0.3) is 0 Å². The molecule has 0 aromatic heterocycles. The lowest BCUT2D eigenvalue weighted by Gasteiger charge is -2.33. The quantitative estimate of drug-likeness (QED) is 0.832. The van der Waals surface area contributed by atoms with Crippen LogP contribution in [0.5, 0.6) is 0 Å². The van der Waals surface area contributed by atoms with Crippen molar-refractivity contribution in [2.24, 2.45) is 0 Å². The number of aliphatic hydroxyl groups excluding tert-OH is 1. The van der Waals surface area contributed by atoms with Gasteiger partial charge in [0.15, 0.2) is 0 Å². The van der Waals surface area contributed by atoms with E-state index in [2.05, 4.69) is 0 Å². The molecule has 1 aliphatic rings. The zero-order valence-electron chi connectivity index (χ0n) is 14.5. The number of piperidine rings is 1. The van der Waals surface area contributed by atoms with Crippen molar-refractivity contribution in [3.63, 3.8) is 0 Å². The van der Waals surface area contributed by atoms with Gasteiger partial charge in [-0.3, -0.25) is 0 Å². The van der Waals surface area contributed by atoms with Crippen LogP contribution in [-0.2, 0) is 9.47 Å². The highest BCUT2D eigenvalue weighted by molar-refractivity contribution is 6.08. The Morgan fingerprint density at radius 1 is 1.08 bits per heavy atom. The second kappa shape index (κ2) is 8.15. The number of ether oxygens (including phenoxy) is 2. The highest BCUT2D eigenvalue weighted by atomic mass is 16.5. The van der Waals surface area contributed by atoms with Gasteiger partial charge in [0.1, 0.15) is 0 Å². The van der Waals surface area contributed by atoms with E-state index in [1.165, 1.54) is 0 Å². The van der Waals surface area contributed by atoms with E-state index in [9.17, 15) is 14.7 Å². The average Bonchev–Trinajstić information content (AvgIpc) is 2.55. The Morgan fingerprint density at radius 2 is 1.62 bits per heavy atom. The van der Waals surface area contributed by atoms with Crippen LogP contribution in [0.2, 0.25) is 0 Å². The number of carbonyl (C=O) groups excluding carboxylic acids is 2. The summed E-state index contributed by atoms with van der Waals surface area (Å²) in [6, 6.07) is 3.65. The van der Waals surface area contributed by atoms with E-state index in [0.717, 1.165) is 0 Å². The molecule has 0 saturated carbocycles. The van der Waals surface area contributed by atoms with Gasteiger partial charge < -0.3 is 19.5 Å². The molecule has 0 aliphatic carbocycles. The fourth-order valence-corrected chi connectivity index (χ4v) is 2.94. The van der Waals surface area contributed by atoms with Crippen LogP contribution in [0.3, 0.4) is 0 Å². The van der Waals surface area contributed by atoms with Gasteiger partial charge in [0.05, 0.1) is 36.1 Å². The summed E-state index contributed by atoms with van der Waals surface area (Å²) in [5, 5.41) is 9.70. The zero-order chi connectivity index (χ0) is 17.7. The molecule has 1 heterocycles. The van der Waals surface area contributed by atoms with Gasteiger partial charge in [-0.25, -0.2) is 9.59 Å². The van der Waals surface area contributed by atoms with Crippen molar-refractivity contribution in [3.8, 4) is 0 Å². The van der Waals surface area contributed by atoms with Gasteiger partial charge >= 0.3 is 11.9 Å². The van der Waals surface area contributed by atoms with Crippen molar-refractivity contribution in [2.45, 2.75) is 39.7 Å². The Kier molecular flexibility index (Phi) is 6.20. The molecule has 6 nitrogen and oxygen atoms in total. The van der Waals surface area contributed by atoms with E-state index in [0.29, 0.717) is 37.2 Å². The highest BCUT2D eigenvalue weighted by Crippen LogP contribution is 2.30. The minimum Gasteiger partial charge on any atom is -0.462 e. The third kappa shape index (κ3) is 3.87. The monoisotopic (exact) mass is 335 g/mol. The molecule has 132 valence electrons. The zero-order valence-corrected chi connectivity index (χ0v) is 14.5. The van der Waals surface area contributed by atoms with Crippen molar-refractivity contribution in [2.75, 3.05) is 31.2 Å². The molecule has 24 heavy (non-hydrogen) atoms. The number of hydrogen-bond donors (Lipinski definition) is 1. The van der Waals surface area contributed by atoms with Crippen LogP contribution >= 0.6 is 0 Å². The highest BCUT2D eigenvalue weighted by Gasteiger charge is 2.29. The molecule has 6 heteroatoms. The van der Waals surface area contributed by atoms with Gasteiger partial charge in [-0.2, -0.15) is 0 Å². The number of rotatable bonds is 5. The van der Waals surface area contributed by atoms with Crippen LogP contribution in [0.25, 0.3) is 0 Å². The summed E-state index contributed by atoms with van der Waals surface area (Å²) < 4.78 is 10.3. The number of nitrogens with zero attached hydrogens (tertiary/aromatic N) is 1. The van der Waals surface area contributed by atoms with Crippen LogP contribution in [0.15, 0.2) is 12.1 Å². The van der Waals surface area contributed by atoms with E-state index in [4.69, 9.17) is 9.47 Å². The molecule has 0 atom stereocenters. The molecule has 0 unspecified atom stereocenters. The van der Waals surface area contributed by atoms with Crippen molar-refractivity contribution in [3.05, 3.63) is 28.8 Å². The van der Waals surface area contributed by atoms with E-state index in [-0.39, 0.29) is 30.4 Å². The Labute approximate surface area is 142 Å². The van der Waals surface area contributed by atoms with Crippen LogP contribution in [0.4, 0.5) is 5.69 Å². The molecule has 0 amide bonds. The van der Waals surface area contributed by atoms with Crippen LogP contribution < -0.4 is 4.90 Å². The van der Waals surface area contributed by atoms with Gasteiger partial charge in [-0.05, 0) is 45.2 Å². The third-order valence-electron chi connectivity index (χ3n) is 4.16. The number of benzene rings is 1. The molecule has 1 aromatic rings. The molecule has 2 rings (SSSR count). The summed E-state index contributed by atoms with van der Waals surface area (Å²) in [6.07, 6.45) is 0.942. The smallest absolute Gasteiger partial charge is 0.341 e. The molecular weight excluding hydrogens is 310 g/mol. The number of hydrogen-bond acceptors (Lipinski definition) is 6. The molecule has 1 aliphatic heterocycles. The van der Waals surface area contributed by atoms with E-state index in [1.54, 1.807) is 20.8 Å². The summed E-state index contributed by atoms with van der Waals surface area (Å²) >= 11 is 0. The Hall–Kier alpha value is -2.08. The van der Waals surface area contributed by atoms with Crippen molar-refractivity contribution >= 4 is 17.6 Å². The molecule has 1 saturated heterocycles. The molecular formula is C18H25NO5. The second-order valence-electron chi connectivity index (χ2n) is 5.81. The maximum atomic E-state index is 12.5. The summed E-state index contributed by atoms with van der Waals surface area (Å²) in [5.74, 6) is -1.04. The Balaban J connectivity index is 2.51. The van der Waals surface area contributed by atoms with Crippen molar-refractivity contribution in [1.82, 2.24) is 0 Å². The first kappa shape index (κ1) is 18.3. The first-order chi connectivity index (χ1) is 11.5. The maximum Gasteiger partial charge on any atom is 0.341 e. The van der Waals surface area contributed by atoms with Crippen LogP contribution in [0, 0.1) is 6.92 Å². The molecule has 0 bridgehead atoms. The standard InChI is InChI=1S/C18H25NO5/c1-4-23-17(21)15-12(3)6-7-14(16(15)18(22)24-5-2)19-10-8-13(20)9-11-19/h6-7,13,20H,4-5,8-11H2,1-3H3. The van der Waals surface area contributed by atoms with Crippen molar-refractivity contribution < 1.29 is 24.2 Å². The molecule has 0 radical (unpaired) electrons. The molecule has 1 fully saturated rings. The number of carbonyl (C=O) groups is 2. The van der Waals surface area contributed by atoms with E-state index >= 15 is 0 Å². The van der Waals surface area contributed by atoms with Gasteiger partial charge in [0, 0.05) is 13.1 Å². The first-order valence-corrected chi connectivity index (χ1v) is 8.40. The summed E-state index contributed by atoms with van der Waals surface area (Å²) in [4.78, 5) is 27.0. The lowest BCUT2D eigenvalue weighted by Crippen LogP contribution is -2.37. The fraction of sp³-hybridized carbons (Fsp3) is 0.556. The Morgan fingerprint density at radius 3 is 2.17 bits per heavy atom. The Bertz CT molecular complexity index is 606. The second-order valence-corrected chi connectivity index (χ2v) is 5.81. The first-order valence-electron chi connectivity index (χ1n) is 8.40. The van der Waals surface area contributed by atoms with Crippen LogP contribution in [-0.4, -0.2) is 49.5 Å². The molecule has 0 spiro atoms. The minimum absolute atomic E-state index is 0.229. The van der Waals surface area contributed by atoms with E-state index in [1.807, 2.05) is 17.0 Å². The van der Waals surface area contributed by atoms with E-state index < -0.39 is 11.9 Å². The normalized spacial score (nSPS) is 15.2. The lowest BCUT2D eigenvalue weighted by atomic mass is 9.97. The summed E-state index contributed by atoms with van der Waals surface area (Å²) in [6.45, 7) is 6.95. The number of aryl methyl sites for hydroxylation is 1.